The third-order valence-electron chi connectivity index (χ3n) is 3.69. The van der Waals surface area contributed by atoms with Crippen molar-refractivity contribution in [2.24, 2.45) is 0 Å². The first-order chi connectivity index (χ1) is 9.29. The highest BCUT2D eigenvalue weighted by molar-refractivity contribution is 7.10. The van der Waals surface area contributed by atoms with Crippen LogP contribution in [0.5, 0.6) is 0 Å². The van der Waals surface area contributed by atoms with Crippen molar-refractivity contribution in [3.63, 3.8) is 0 Å². The van der Waals surface area contributed by atoms with Crippen molar-refractivity contribution in [1.82, 2.24) is 4.90 Å². The van der Waals surface area contributed by atoms with Gasteiger partial charge in [0.05, 0.1) is 6.04 Å². The Hall–Kier alpha value is -0.540. The lowest BCUT2D eigenvalue weighted by molar-refractivity contribution is 0.196. The van der Waals surface area contributed by atoms with E-state index in [0.29, 0.717) is 5.88 Å². The van der Waals surface area contributed by atoms with E-state index in [0.717, 1.165) is 30.1 Å². The molecule has 1 nitrogen and oxygen atoms in total. The van der Waals surface area contributed by atoms with Gasteiger partial charge in [-0.15, -0.1) is 22.9 Å². The van der Waals surface area contributed by atoms with Crippen molar-refractivity contribution >= 4 is 34.5 Å². The number of alkyl halides is 1. The summed E-state index contributed by atoms with van der Waals surface area (Å²) in [6.07, 6.45) is 1.12. The number of nitrogens with zero attached hydrogens (tertiary/aromatic N) is 1. The summed E-state index contributed by atoms with van der Waals surface area (Å²) in [5.41, 5.74) is 2.58. The third kappa shape index (κ3) is 2.68. The van der Waals surface area contributed by atoms with Crippen molar-refractivity contribution in [3.05, 3.63) is 56.7 Å². The van der Waals surface area contributed by atoms with E-state index in [-0.39, 0.29) is 6.04 Å². The van der Waals surface area contributed by atoms with Crippen molar-refractivity contribution in [1.29, 1.82) is 0 Å². The first-order valence-corrected chi connectivity index (χ1v) is 8.18. The molecule has 2 heterocycles. The SMILES string of the molecule is ClCC(c1ccccc1Cl)N1CCc2sccc2C1. The molecule has 0 spiro atoms. The molecular formula is C15H15Cl2NS. The number of benzene rings is 1. The summed E-state index contributed by atoms with van der Waals surface area (Å²) in [4.78, 5) is 3.95. The first-order valence-electron chi connectivity index (χ1n) is 6.39. The molecule has 0 bridgehead atoms. The maximum absolute atomic E-state index is 6.31. The topological polar surface area (TPSA) is 3.24 Å². The third-order valence-corrected chi connectivity index (χ3v) is 5.35. The number of halogens is 2. The molecule has 1 aliphatic heterocycles. The van der Waals surface area contributed by atoms with Crippen LogP contribution in [0.2, 0.25) is 5.02 Å². The van der Waals surface area contributed by atoms with Crippen LogP contribution in [0, 0.1) is 0 Å². The molecule has 0 amide bonds. The zero-order valence-corrected chi connectivity index (χ0v) is 12.8. The van der Waals surface area contributed by atoms with Gasteiger partial charge in [-0.2, -0.15) is 0 Å². The van der Waals surface area contributed by atoms with Gasteiger partial charge in [0.25, 0.3) is 0 Å². The van der Waals surface area contributed by atoms with E-state index in [1.165, 1.54) is 10.4 Å². The second-order valence-electron chi connectivity index (χ2n) is 4.78. The minimum atomic E-state index is 0.198. The fourth-order valence-corrected chi connectivity index (χ4v) is 4.17. The lowest BCUT2D eigenvalue weighted by Gasteiger charge is -2.34. The average Bonchev–Trinajstić information content (AvgIpc) is 2.89. The molecule has 0 radical (unpaired) electrons. The molecule has 1 aromatic heterocycles. The molecule has 3 rings (SSSR count). The predicted molar refractivity (Wildman–Crippen MR) is 83.3 cm³/mol. The molecule has 1 aliphatic rings. The highest BCUT2D eigenvalue weighted by Gasteiger charge is 2.25. The lowest BCUT2D eigenvalue weighted by atomic mass is 10.0. The van der Waals surface area contributed by atoms with Gasteiger partial charge in [0.15, 0.2) is 0 Å². The number of thiophene rings is 1. The normalized spacial score (nSPS) is 17.2. The Bertz CT molecular complexity index is 567. The Kier molecular flexibility index (Phi) is 4.13. The van der Waals surface area contributed by atoms with Crippen LogP contribution in [0.4, 0.5) is 0 Å². The summed E-state index contributed by atoms with van der Waals surface area (Å²) in [6, 6.07) is 10.4. The van der Waals surface area contributed by atoms with Crippen LogP contribution in [0.15, 0.2) is 35.7 Å². The van der Waals surface area contributed by atoms with E-state index in [1.54, 1.807) is 0 Å². The zero-order chi connectivity index (χ0) is 13.2. The number of hydrogen-bond acceptors (Lipinski definition) is 2. The predicted octanol–water partition coefficient (Wildman–Crippen LogP) is 4.74. The van der Waals surface area contributed by atoms with E-state index < -0.39 is 0 Å². The Morgan fingerprint density at radius 2 is 2.11 bits per heavy atom. The van der Waals surface area contributed by atoms with Crippen LogP contribution < -0.4 is 0 Å². The molecule has 0 saturated heterocycles. The summed E-state index contributed by atoms with van der Waals surface area (Å²) < 4.78 is 0. The molecule has 100 valence electrons. The van der Waals surface area contributed by atoms with E-state index in [9.17, 15) is 0 Å². The summed E-state index contributed by atoms with van der Waals surface area (Å²) in [5.74, 6) is 0.573. The molecule has 2 aromatic rings. The molecule has 0 fully saturated rings. The van der Waals surface area contributed by atoms with Crippen LogP contribution in [0.3, 0.4) is 0 Å². The molecule has 1 aromatic carbocycles. The van der Waals surface area contributed by atoms with Gasteiger partial charge < -0.3 is 0 Å². The largest absolute Gasteiger partial charge is 0.290 e. The minimum absolute atomic E-state index is 0.198. The highest BCUT2D eigenvalue weighted by Crippen LogP contribution is 2.33. The molecule has 0 saturated carbocycles. The van der Waals surface area contributed by atoms with Gasteiger partial charge in [0.2, 0.25) is 0 Å². The van der Waals surface area contributed by atoms with Crippen LogP contribution in [0.1, 0.15) is 22.0 Å². The fourth-order valence-electron chi connectivity index (χ4n) is 2.66. The second-order valence-corrected chi connectivity index (χ2v) is 6.50. The van der Waals surface area contributed by atoms with E-state index >= 15 is 0 Å². The molecular weight excluding hydrogens is 297 g/mol. The molecule has 4 heteroatoms. The lowest BCUT2D eigenvalue weighted by Crippen LogP contribution is -2.34. The minimum Gasteiger partial charge on any atom is -0.290 e. The van der Waals surface area contributed by atoms with Gasteiger partial charge in [-0.05, 0) is 35.1 Å². The average molecular weight is 312 g/mol. The number of fused-ring (bicyclic) bond motifs is 1. The molecule has 0 aliphatic carbocycles. The summed E-state index contributed by atoms with van der Waals surface area (Å²) in [7, 11) is 0. The van der Waals surface area contributed by atoms with Crippen LogP contribution in [-0.2, 0) is 13.0 Å². The maximum Gasteiger partial charge on any atom is 0.0501 e. The Balaban J connectivity index is 1.86. The summed E-state index contributed by atoms with van der Waals surface area (Å²) >= 11 is 14.4. The Morgan fingerprint density at radius 3 is 2.89 bits per heavy atom. The number of rotatable bonds is 3. The smallest absolute Gasteiger partial charge is 0.0501 e. The van der Waals surface area contributed by atoms with Gasteiger partial charge in [0, 0.05) is 28.9 Å². The standard InChI is InChI=1S/C15H15Cl2NS/c16-9-14(12-3-1-2-4-13(12)17)18-7-5-15-11(10-18)6-8-19-15/h1-4,6,8,14H,5,7,9-10H2. The van der Waals surface area contributed by atoms with Crippen LogP contribution >= 0.6 is 34.5 Å². The highest BCUT2D eigenvalue weighted by atomic mass is 35.5. The van der Waals surface area contributed by atoms with Crippen molar-refractivity contribution in [2.45, 2.75) is 19.0 Å². The van der Waals surface area contributed by atoms with Gasteiger partial charge in [-0.1, -0.05) is 29.8 Å². The zero-order valence-electron chi connectivity index (χ0n) is 10.5. The summed E-state index contributed by atoms with van der Waals surface area (Å²) in [5, 5.41) is 2.99. The Labute approximate surface area is 127 Å². The second kappa shape index (κ2) is 5.84. The molecule has 1 atom stereocenters. The Morgan fingerprint density at radius 1 is 1.26 bits per heavy atom. The quantitative estimate of drug-likeness (QED) is 0.740. The van der Waals surface area contributed by atoms with E-state index in [1.807, 2.05) is 29.5 Å². The van der Waals surface area contributed by atoms with Crippen LogP contribution in [0.25, 0.3) is 0 Å². The molecule has 1 unspecified atom stereocenters. The van der Waals surface area contributed by atoms with Gasteiger partial charge in [-0.25, -0.2) is 0 Å². The van der Waals surface area contributed by atoms with Crippen LogP contribution in [-0.4, -0.2) is 17.3 Å². The van der Waals surface area contributed by atoms with Gasteiger partial charge in [0.1, 0.15) is 0 Å². The van der Waals surface area contributed by atoms with Crippen molar-refractivity contribution in [3.8, 4) is 0 Å². The summed E-state index contributed by atoms with van der Waals surface area (Å²) in [6.45, 7) is 2.03. The van der Waals surface area contributed by atoms with E-state index in [2.05, 4.69) is 22.4 Å². The first kappa shape index (κ1) is 13.4. The molecule has 0 N–H and O–H groups in total. The fraction of sp³-hybridized carbons (Fsp3) is 0.333. The van der Waals surface area contributed by atoms with Crippen molar-refractivity contribution < 1.29 is 0 Å². The van der Waals surface area contributed by atoms with Gasteiger partial charge >= 0.3 is 0 Å². The van der Waals surface area contributed by atoms with Gasteiger partial charge in [-0.3, -0.25) is 4.90 Å². The monoisotopic (exact) mass is 311 g/mol. The maximum atomic E-state index is 6.31. The van der Waals surface area contributed by atoms with E-state index in [4.69, 9.17) is 23.2 Å². The van der Waals surface area contributed by atoms with Crippen molar-refractivity contribution in [2.75, 3.05) is 12.4 Å². The molecule has 19 heavy (non-hydrogen) atoms. The number of hydrogen-bond donors (Lipinski definition) is 0.